The van der Waals surface area contributed by atoms with E-state index in [1.165, 1.54) is 0 Å². The van der Waals surface area contributed by atoms with Crippen molar-refractivity contribution in [2.24, 2.45) is 5.92 Å². The Morgan fingerprint density at radius 1 is 1.32 bits per heavy atom. The Hall–Kier alpha value is -1.62. The van der Waals surface area contributed by atoms with Crippen molar-refractivity contribution < 1.29 is 9.90 Å². The van der Waals surface area contributed by atoms with Gasteiger partial charge in [0, 0.05) is 21.4 Å². The quantitative estimate of drug-likeness (QED) is 0.904. The van der Waals surface area contributed by atoms with Crippen molar-refractivity contribution in [3.8, 4) is 0 Å². The zero-order chi connectivity index (χ0) is 14.0. The predicted molar refractivity (Wildman–Crippen MR) is 79.3 cm³/mol. The zero-order valence-electron chi connectivity index (χ0n) is 10.7. The van der Waals surface area contributed by atoms with Gasteiger partial charge in [-0.2, -0.15) is 0 Å². The second-order valence-corrected chi connectivity index (χ2v) is 5.55. The lowest BCUT2D eigenvalue weighted by molar-refractivity contribution is -0.138. The molecule has 0 saturated carbocycles. The fourth-order valence-corrected chi connectivity index (χ4v) is 2.44. The van der Waals surface area contributed by atoms with E-state index < -0.39 is 12.0 Å². The standard InChI is InChI=1S/C14H15BrN2O2/c1-8(2)12(14(18)19)17-13-10-4-3-5-11(15)9(10)6-7-16-13/h3-8,12H,1-2H3,(H,16,17)(H,18,19). The lowest BCUT2D eigenvalue weighted by atomic mass is 10.0. The second-order valence-electron chi connectivity index (χ2n) is 4.70. The van der Waals surface area contributed by atoms with Gasteiger partial charge in [-0.05, 0) is 18.1 Å². The van der Waals surface area contributed by atoms with E-state index in [2.05, 4.69) is 26.2 Å². The van der Waals surface area contributed by atoms with Gasteiger partial charge in [-0.3, -0.25) is 0 Å². The molecular weight excluding hydrogens is 308 g/mol. The molecule has 2 rings (SSSR count). The van der Waals surface area contributed by atoms with Crippen LogP contribution in [-0.4, -0.2) is 22.1 Å². The van der Waals surface area contributed by atoms with Crippen LogP contribution < -0.4 is 5.32 Å². The Kier molecular flexibility index (Phi) is 4.04. The van der Waals surface area contributed by atoms with Crippen LogP contribution in [0.3, 0.4) is 0 Å². The SMILES string of the molecule is CC(C)C(Nc1nccc2c(Br)cccc12)C(=O)O. The van der Waals surface area contributed by atoms with Crippen LogP contribution in [0.2, 0.25) is 0 Å². The summed E-state index contributed by atoms with van der Waals surface area (Å²) < 4.78 is 0.965. The van der Waals surface area contributed by atoms with E-state index in [1.807, 2.05) is 38.1 Å². The van der Waals surface area contributed by atoms with E-state index in [-0.39, 0.29) is 5.92 Å². The third-order valence-electron chi connectivity index (χ3n) is 2.98. The van der Waals surface area contributed by atoms with Crippen molar-refractivity contribution in [3.05, 3.63) is 34.9 Å². The number of carboxylic acid groups (broad SMARTS) is 1. The maximum Gasteiger partial charge on any atom is 0.326 e. The highest BCUT2D eigenvalue weighted by Crippen LogP contribution is 2.28. The molecule has 0 fully saturated rings. The smallest absolute Gasteiger partial charge is 0.326 e. The number of hydrogen-bond acceptors (Lipinski definition) is 3. The summed E-state index contributed by atoms with van der Waals surface area (Å²) in [5, 5.41) is 14.2. The van der Waals surface area contributed by atoms with E-state index in [9.17, 15) is 9.90 Å². The summed E-state index contributed by atoms with van der Waals surface area (Å²) in [5.41, 5.74) is 0. The Labute approximate surface area is 120 Å². The second kappa shape index (κ2) is 5.57. The van der Waals surface area contributed by atoms with Gasteiger partial charge in [0.2, 0.25) is 0 Å². The molecule has 0 bridgehead atoms. The van der Waals surface area contributed by atoms with Crippen molar-refractivity contribution in [3.63, 3.8) is 0 Å². The minimum atomic E-state index is -0.871. The lowest BCUT2D eigenvalue weighted by Crippen LogP contribution is -2.34. The third kappa shape index (κ3) is 2.87. The zero-order valence-corrected chi connectivity index (χ0v) is 12.3. The molecule has 2 aromatic rings. The summed E-state index contributed by atoms with van der Waals surface area (Å²) in [6, 6.07) is 7.02. The van der Waals surface area contributed by atoms with Gasteiger partial charge in [-0.15, -0.1) is 0 Å². The molecule has 1 unspecified atom stereocenters. The Bertz CT molecular complexity index is 613. The Balaban J connectivity index is 2.46. The fraction of sp³-hybridized carbons (Fsp3) is 0.286. The highest BCUT2D eigenvalue weighted by atomic mass is 79.9. The molecule has 0 radical (unpaired) electrons. The summed E-state index contributed by atoms with van der Waals surface area (Å²) in [6.45, 7) is 3.74. The first-order valence-corrected chi connectivity index (χ1v) is 6.82. The molecule has 0 aliphatic carbocycles. The molecule has 100 valence electrons. The molecule has 4 nitrogen and oxygen atoms in total. The van der Waals surface area contributed by atoms with Crippen LogP contribution in [0.4, 0.5) is 5.82 Å². The van der Waals surface area contributed by atoms with Gasteiger partial charge in [0.05, 0.1) is 0 Å². The van der Waals surface area contributed by atoms with E-state index >= 15 is 0 Å². The molecule has 0 spiro atoms. The van der Waals surface area contributed by atoms with Gasteiger partial charge >= 0.3 is 5.97 Å². The van der Waals surface area contributed by atoms with E-state index in [4.69, 9.17) is 0 Å². The average Bonchev–Trinajstić information content (AvgIpc) is 2.36. The summed E-state index contributed by atoms with van der Waals surface area (Å²) in [5.74, 6) is -0.301. The molecule has 1 aromatic heterocycles. The number of nitrogens with one attached hydrogen (secondary N) is 1. The highest BCUT2D eigenvalue weighted by molar-refractivity contribution is 9.10. The third-order valence-corrected chi connectivity index (χ3v) is 3.67. The van der Waals surface area contributed by atoms with Crippen molar-refractivity contribution in [2.45, 2.75) is 19.9 Å². The summed E-state index contributed by atoms with van der Waals surface area (Å²) >= 11 is 3.48. The molecule has 0 aliphatic heterocycles. The van der Waals surface area contributed by atoms with E-state index in [0.717, 1.165) is 15.2 Å². The summed E-state index contributed by atoms with van der Waals surface area (Å²) in [7, 11) is 0. The monoisotopic (exact) mass is 322 g/mol. The molecule has 5 heteroatoms. The van der Waals surface area contributed by atoms with Crippen LogP contribution in [0.25, 0.3) is 10.8 Å². The van der Waals surface area contributed by atoms with E-state index in [1.54, 1.807) is 6.20 Å². The first kappa shape index (κ1) is 13.8. The number of fused-ring (bicyclic) bond motifs is 1. The molecule has 0 aliphatic rings. The molecule has 1 aromatic carbocycles. The van der Waals surface area contributed by atoms with E-state index in [0.29, 0.717) is 5.82 Å². The van der Waals surface area contributed by atoms with Crippen molar-refractivity contribution >= 4 is 38.5 Å². The Morgan fingerprint density at radius 3 is 2.68 bits per heavy atom. The van der Waals surface area contributed by atoms with Crippen molar-refractivity contribution in [1.82, 2.24) is 4.98 Å². The number of hydrogen-bond donors (Lipinski definition) is 2. The number of halogens is 1. The number of benzene rings is 1. The van der Waals surface area contributed by atoms with Gasteiger partial charge in [-0.25, -0.2) is 9.78 Å². The van der Waals surface area contributed by atoms with Crippen LogP contribution in [0.1, 0.15) is 13.8 Å². The van der Waals surface area contributed by atoms with Crippen LogP contribution >= 0.6 is 15.9 Å². The van der Waals surface area contributed by atoms with Gasteiger partial charge in [-0.1, -0.05) is 41.9 Å². The number of aromatic nitrogens is 1. The molecule has 1 heterocycles. The summed E-state index contributed by atoms with van der Waals surface area (Å²) in [6.07, 6.45) is 1.68. The van der Waals surface area contributed by atoms with Gasteiger partial charge in [0.1, 0.15) is 11.9 Å². The van der Waals surface area contributed by atoms with Gasteiger partial charge < -0.3 is 10.4 Å². The van der Waals surface area contributed by atoms with Crippen molar-refractivity contribution in [2.75, 3.05) is 5.32 Å². The number of carboxylic acids is 1. The highest BCUT2D eigenvalue weighted by Gasteiger charge is 2.22. The fourth-order valence-electron chi connectivity index (χ4n) is 1.94. The number of anilines is 1. The first-order chi connectivity index (χ1) is 9.00. The van der Waals surface area contributed by atoms with Crippen LogP contribution in [0.5, 0.6) is 0 Å². The minimum Gasteiger partial charge on any atom is -0.480 e. The molecular formula is C14H15BrN2O2. The van der Waals surface area contributed by atoms with Crippen molar-refractivity contribution in [1.29, 1.82) is 0 Å². The van der Waals surface area contributed by atoms with Gasteiger partial charge in [0.25, 0.3) is 0 Å². The molecule has 1 atom stereocenters. The number of pyridine rings is 1. The normalized spacial score (nSPS) is 12.6. The largest absolute Gasteiger partial charge is 0.480 e. The predicted octanol–water partition coefficient (Wildman–Crippen LogP) is 3.52. The number of aliphatic carboxylic acids is 1. The van der Waals surface area contributed by atoms with Crippen LogP contribution in [0.15, 0.2) is 34.9 Å². The Morgan fingerprint density at radius 2 is 2.05 bits per heavy atom. The van der Waals surface area contributed by atoms with Gasteiger partial charge in [0.15, 0.2) is 0 Å². The number of nitrogens with zero attached hydrogens (tertiary/aromatic N) is 1. The van der Waals surface area contributed by atoms with Crippen LogP contribution in [-0.2, 0) is 4.79 Å². The number of carbonyl (C=O) groups is 1. The first-order valence-electron chi connectivity index (χ1n) is 6.03. The van der Waals surface area contributed by atoms with Crippen LogP contribution in [0, 0.1) is 5.92 Å². The maximum absolute atomic E-state index is 11.2. The lowest BCUT2D eigenvalue weighted by Gasteiger charge is -2.19. The average molecular weight is 323 g/mol. The molecule has 19 heavy (non-hydrogen) atoms. The topological polar surface area (TPSA) is 62.2 Å². The summed E-state index contributed by atoms with van der Waals surface area (Å²) in [4.78, 5) is 15.5. The molecule has 0 saturated heterocycles. The molecule has 2 N–H and O–H groups in total. The maximum atomic E-state index is 11.2. The molecule has 0 amide bonds. The minimum absolute atomic E-state index is 0.0262. The number of rotatable bonds is 4.